The van der Waals surface area contributed by atoms with E-state index < -0.39 is 0 Å². The number of rotatable bonds is 6. The molecule has 0 bridgehead atoms. The Hall–Kier alpha value is -8.70. The molecule has 0 saturated heterocycles. The first kappa shape index (κ1) is 40.4. The normalized spacial score (nSPS) is 19.6. The maximum atomic E-state index is 10.0. The number of aromatic nitrogens is 2. The van der Waals surface area contributed by atoms with Crippen molar-refractivity contribution in [3.8, 4) is 45.6 Å². The van der Waals surface area contributed by atoms with Gasteiger partial charge in [-0.05, 0) is 132 Å². The molecule has 70 heavy (non-hydrogen) atoms. The van der Waals surface area contributed by atoms with Crippen LogP contribution in [0.1, 0.15) is 94.1 Å². The van der Waals surface area contributed by atoms with Crippen molar-refractivity contribution in [3.05, 3.63) is 236 Å². The van der Waals surface area contributed by atoms with Gasteiger partial charge in [-0.1, -0.05) is 170 Å². The van der Waals surface area contributed by atoms with Crippen LogP contribution < -0.4 is 20.9 Å². The lowest BCUT2D eigenvalue weighted by Gasteiger charge is -2.33. The molecule has 328 valence electrons. The fourth-order valence-electron chi connectivity index (χ4n) is 12.5. The Morgan fingerprint density at radius 1 is 0.514 bits per heavy atom. The van der Waals surface area contributed by atoms with Crippen LogP contribution in [0.15, 0.2) is 170 Å². The third-order valence-electron chi connectivity index (χ3n) is 15.9. The van der Waals surface area contributed by atoms with Crippen LogP contribution in [0.25, 0.3) is 90.6 Å². The van der Waals surface area contributed by atoms with Gasteiger partial charge in [-0.3, -0.25) is 0 Å². The zero-order valence-electron chi connectivity index (χ0n) is 38.4. The van der Waals surface area contributed by atoms with Crippen LogP contribution in [0.4, 0.5) is 0 Å². The molecule has 1 heterocycles. The highest BCUT2D eigenvalue weighted by Gasteiger charge is 2.32. The van der Waals surface area contributed by atoms with Gasteiger partial charge in [0.1, 0.15) is 0 Å². The molecule has 7 aromatic carbocycles. The van der Waals surface area contributed by atoms with Gasteiger partial charge in [0, 0.05) is 45.8 Å². The van der Waals surface area contributed by atoms with E-state index >= 15 is 0 Å². The minimum atomic E-state index is 0.0740. The van der Waals surface area contributed by atoms with Crippen LogP contribution >= 0.6 is 0 Å². The average Bonchev–Trinajstić information content (AvgIpc) is 3.43. The Morgan fingerprint density at radius 3 is 2.04 bits per heavy atom. The van der Waals surface area contributed by atoms with Crippen molar-refractivity contribution in [2.45, 2.75) is 49.4 Å². The molecule has 8 aromatic rings. The third-order valence-corrected chi connectivity index (χ3v) is 15.9. The highest BCUT2D eigenvalue weighted by molar-refractivity contribution is 6.09. The highest BCUT2D eigenvalue weighted by Crippen LogP contribution is 2.48. The molecule has 4 heteroatoms. The molecule has 6 aliphatic carbocycles. The second-order valence-electron chi connectivity index (χ2n) is 19.5. The Bertz CT molecular complexity index is 4160. The van der Waals surface area contributed by atoms with E-state index in [2.05, 4.69) is 164 Å². The van der Waals surface area contributed by atoms with Gasteiger partial charge in [0.25, 0.3) is 0 Å². The maximum absolute atomic E-state index is 10.0. The summed E-state index contributed by atoms with van der Waals surface area (Å²) < 4.78 is 0. The first-order valence-electron chi connectivity index (χ1n) is 24.6. The summed E-state index contributed by atoms with van der Waals surface area (Å²) in [6, 6.07) is 47.9. The van der Waals surface area contributed by atoms with Crippen molar-refractivity contribution < 1.29 is 0 Å². The van der Waals surface area contributed by atoms with Crippen LogP contribution in [0.2, 0.25) is 0 Å². The molecule has 6 aliphatic rings. The molecular formula is C66H44N4. The summed E-state index contributed by atoms with van der Waals surface area (Å²) in [5.74, 6) is 1.62. The van der Waals surface area contributed by atoms with Gasteiger partial charge < -0.3 is 0 Å². The first-order chi connectivity index (χ1) is 34.6. The number of nitriles is 2. The smallest absolute Gasteiger partial charge is 0.160 e. The SMILES string of the molecule is N#Cc1ccccc1-c1ccc(-c2nc(C3=CCC(c4ccccc4C#N)C=C3)nc3c(-c4ccc5c6c7c(ccc46)=CC=CC7CC=5)cc(C4CC=c5ccc6c7c5C4=CCC7C=CC=6)cc23)cc1. The monoisotopic (exact) mass is 892 g/mol. The topological polar surface area (TPSA) is 73.4 Å². The Labute approximate surface area is 406 Å². The zero-order chi connectivity index (χ0) is 46.5. The van der Waals surface area contributed by atoms with E-state index in [1.54, 1.807) is 0 Å². The summed E-state index contributed by atoms with van der Waals surface area (Å²) in [4.78, 5) is 11.3. The quantitative estimate of drug-likeness (QED) is 0.167. The Morgan fingerprint density at radius 2 is 1.21 bits per heavy atom. The van der Waals surface area contributed by atoms with Gasteiger partial charge in [0.15, 0.2) is 5.82 Å². The number of hydrogen-bond acceptors (Lipinski definition) is 4. The summed E-state index contributed by atoms with van der Waals surface area (Å²) in [6.07, 6.45) is 31.4. The molecule has 4 nitrogen and oxygen atoms in total. The number of fused-ring (bicyclic) bond motifs is 1. The largest absolute Gasteiger partial charge is 0.227 e. The van der Waals surface area contributed by atoms with Crippen LogP contribution in [0.5, 0.6) is 0 Å². The van der Waals surface area contributed by atoms with Gasteiger partial charge >= 0.3 is 0 Å². The molecule has 0 N–H and O–H groups in total. The third kappa shape index (κ3) is 6.27. The minimum Gasteiger partial charge on any atom is -0.227 e. The van der Waals surface area contributed by atoms with E-state index in [0.717, 1.165) is 75.7 Å². The number of benzene rings is 7. The van der Waals surface area contributed by atoms with Gasteiger partial charge in [0.05, 0.1) is 34.5 Å². The number of nitrogens with zero attached hydrogens (tertiary/aromatic N) is 4. The fraction of sp³-hybridized carbons (Fsp3) is 0.121. The molecule has 0 fully saturated rings. The first-order valence-corrected chi connectivity index (χ1v) is 24.6. The lowest BCUT2D eigenvalue weighted by Crippen LogP contribution is -2.30. The van der Waals surface area contributed by atoms with Gasteiger partial charge in [-0.25, -0.2) is 9.97 Å². The van der Waals surface area contributed by atoms with E-state index in [1.807, 2.05) is 42.5 Å². The van der Waals surface area contributed by atoms with Crippen molar-refractivity contribution in [2.24, 2.45) is 0 Å². The number of hydrogen-bond donors (Lipinski definition) is 0. The highest BCUT2D eigenvalue weighted by atomic mass is 14.9. The average molecular weight is 893 g/mol. The van der Waals surface area contributed by atoms with Gasteiger partial charge in [0.2, 0.25) is 0 Å². The summed E-state index contributed by atoms with van der Waals surface area (Å²) in [5, 5.41) is 28.9. The predicted octanol–water partition coefficient (Wildman–Crippen LogP) is 12.5. The molecule has 4 unspecified atom stereocenters. The van der Waals surface area contributed by atoms with Gasteiger partial charge in [-0.15, -0.1) is 0 Å². The molecule has 0 radical (unpaired) electrons. The predicted molar refractivity (Wildman–Crippen MR) is 285 cm³/mol. The van der Waals surface area contributed by atoms with Crippen LogP contribution in [0.3, 0.4) is 0 Å². The standard InChI is InChI=1S/C66H44N4/c67-37-49-7-1-3-13-52(49)39-15-23-47(24-16-39)64-59-36-51(54-31-27-45-21-19-41-9-5-11-43-29-33-56(54)62(45)60(41)43)35-58(55-32-28-46-22-20-42-10-6-12-44-30-34-57(55)63(46)61(42)44)65(59)70-66(69-64)48-25-17-40(18-26-48)53-14-4-2-8-50(53)38-68/h1-17,19,21-28,30,32-36,40,42-43,54H,18,20,29,31H2. The second kappa shape index (κ2) is 16.0. The van der Waals surface area contributed by atoms with E-state index in [9.17, 15) is 10.5 Å². The molecule has 14 rings (SSSR count). The molecule has 0 aliphatic heterocycles. The van der Waals surface area contributed by atoms with Crippen LogP contribution in [-0.2, 0) is 0 Å². The van der Waals surface area contributed by atoms with E-state index in [1.165, 1.54) is 65.0 Å². The zero-order valence-corrected chi connectivity index (χ0v) is 38.4. The summed E-state index contributed by atoms with van der Waals surface area (Å²) in [6.45, 7) is 0. The van der Waals surface area contributed by atoms with Crippen molar-refractivity contribution in [2.75, 3.05) is 0 Å². The van der Waals surface area contributed by atoms with Crippen LogP contribution in [0, 0.1) is 22.7 Å². The lowest BCUT2D eigenvalue weighted by atomic mass is 9.70. The van der Waals surface area contributed by atoms with E-state index in [0.29, 0.717) is 28.8 Å². The summed E-state index contributed by atoms with van der Waals surface area (Å²) >= 11 is 0. The molecular weight excluding hydrogens is 849 g/mol. The van der Waals surface area contributed by atoms with Gasteiger partial charge in [-0.2, -0.15) is 10.5 Å². The molecule has 1 aromatic heterocycles. The fourth-order valence-corrected chi connectivity index (χ4v) is 12.5. The summed E-state index contributed by atoms with van der Waals surface area (Å²) in [7, 11) is 0. The maximum Gasteiger partial charge on any atom is 0.160 e. The van der Waals surface area contributed by atoms with Crippen LogP contribution in [-0.4, -0.2) is 9.97 Å². The molecule has 0 spiro atoms. The molecule has 0 saturated carbocycles. The van der Waals surface area contributed by atoms with Crippen molar-refractivity contribution in [3.63, 3.8) is 0 Å². The van der Waals surface area contributed by atoms with Crippen molar-refractivity contribution >= 4 is 57.1 Å². The van der Waals surface area contributed by atoms with E-state index in [4.69, 9.17) is 9.97 Å². The summed E-state index contributed by atoms with van der Waals surface area (Å²) in [5.41, 5.74) is 17.3. The van der Waals surface area contributed by atoms with Crippen molar-refractivity contribution in [1.29, 1.82) is 10.5 Å². The number of allylic oxidation sites excluding steroid dienone is 10. The second-order valence-corrected chi connectivity index (χ2v) is 19.5. The lowest BCUT2D eigenvalue weighted by molar-refractivity contribution is 0.797. The van der Waals surface area contributed by atoms with E-state index in [-0.39, 0.29) is 11.8 Å². The molecule has 4 atom stereocenters. The Balaban J connectivity index is 1.02. The Kier molecular flexibility index (Phi) is 9.20. The molecule has 0 amide bonds. The minimum absolute atomic E-state index is 0.0740. The van der Waals surface area contributed by atoms with Crippen molar-refractivity contribution in [1.82, 2.24) is 9.97 Å².